The van der Waals surface area contributed by atoms with E-state index in [9.17, 15) is 12.8 Å². The molecule has 0 aliphatic rings. The Bertz CT molecular complexity index is 720. The van der Waals surface area contributed by atoms with Crippen LogP contribution in [-0.2, 0) is 16.4 Å². The molecular weight excluding hydrogens is 357 g/mol. The molecule has 0 saturated carbocycles. The third-order valence-corrected chi connectivity index (χ3v) is 5.97. The molecule has 0 bridgehead atoms. The van der Waals surface area contributed by atoms with Crippen molar-refractivity contribution in [3.63, 3.8) is 0 Å². The second-order valence-electron chi connectivity index (χ2n) is 4.64. The van der Waals surface area contributed by atoms with Gasteiger partial charge in [0.05, 0.1) is 4.90 Å². The lowest BCUT2D eigenvalue weighted by Gasteiger charge is -2.18. The van der Waals surface area contributed by atoms with Crippen LogP contribution in [0.1, 0.15) is 5.56 Å². The van der Waals surface area contributed by atoms with E-state index in [1.54, 1.807) is 0 Å². The molecule has 3 nitrogen and oxygen atoms in total. The fraction of sp³-hybridized carbons (Fsp3) is 0.200. The number of hydrogen-bond acceptors (Lipinski definition) is 2. The van der Waals surface area contributed by atoms with Gasteiger partial charge in [-0.25, -0.2) is 17.1 Å². The van der Waals surface area contributed by atoms with Crippen LogP contribution in [0.5, 0.6) is 0 Å². The summed E-state index contributed by atoms with van der Waals surface area (Å²) in [7, 11) is -2.11. The number of nitrogens with zero attached hydrogens (tertiary/aromatic N) is 1. The smallest absolute Gasteiger partial charge is 0.207 e. The summed E-state index contributed by atoms with van der Waals surface area (Å²) >= 11 is 3.10. The van der Waals surface area contributed by atoms with Crippen molar-refractivity contribution >= 4 is 26.0 Å². The van der Waals surface area contributed by atoms with Crippen molar-refractivity contribution in [3.8, 4) is 0 Å². The highest BCUT2D eigenvalue weighted by Crippen LogP contribution is 2.25. The maximum atomic E-state index is 13.1. The summed E-state index contributed by atoms with van der Waals surface area (Å²) in [6.07, 6.45) is 0.620. The summed E-state index contributed by atoms with van der Waals surface area (Å²) in [5, 5.41) is 0. The Morgan fingerprint density at radius 2 is 1.81 bits per heavy atom. The predicted octanol–water partition coefficient (Wildman–Crippen LogP) is 3.45. The van der Waals surface area contributed by atoms with E-state index in [1.807, 2.05) is 30.3 Å². The highest BCUT2D eigenvalue weighted by molar-refractivity contribution is 9.10. The molecular formula is C15H15BrFNO2S. The van der Waals surface area contributed by atoms with Crippen LogP contribution < -0.4 is 0 Å². The second-order valence-corrected chi connectivity index (χ2v) is 7.50. The predicted molar refractivity (Wildman–Crippen MR) is 84.1 cm³/mol. The van der Waals surface area contributed by atoms with Gasteiger partial charge in [0.2, 0.25) is 10.0 Å². The van der Waals surface area contributed by atoms with Gasteiger partial charge in [-0.1, -0.05) is 30.3 Å². The summed E-state index contributed by atoms with van der Waals surface area (Å²) in [6.45, 7) is 0.357. The minimum Gasteiger partial charge on any atom is -0.207 e. The van der Waals surface area contributed by atoms with Gasteiger partial charge >= 0.3 is 0 Å². The molecule has 0 radical (unpaired) electrons. The van der Waals surface area contributed by atoms with Gasteiger partial charge in [0, 0.05) is 18.1 Å². The van der Waals surface area contributed by atoms with Crippen molar-refractivity contribution in [3.05, 3.63) is 64.4 Å². The van der Waals surface area contributed by atoms with E-state index >= 15 is 0 Å². The molecule has 2 aromatic carbocycles. The zero-order valence-corrected chi connectivity index (χ0v) is 13.9. The lowest BCUT2D eigenvalue weighted by atomic mass is 10.2. The van der Waals surface area contributed by atoms with Crippen LogP contribution in [0.4, 0.5) is 4.39 Å². The Balaban J connectivity index is 2.15. The normalized spacial score (nSPS) is 11.8. The molecule has 2 aromatic rings. The standard InChI is InChI=1S/C15H15BrFNO2S/c1-18(10-9-12-5-3-2-4-6-12)21(19,20)15-8-7-13(17)11-14(15)16/h2-8,11H,9-10H2,1H3. The topological polar surface area (TPSA) is 37.4 Å². The monoisotopic (exact) mass is 371 g/mol. The first-order valence-corrected chi connectivity index (χ1v) is 8.60. The number of rotatable bonds is 5. The van der Waals surface area contributed by atoms with Gasteiger partial charge in [-0.3, -0.25) is 0 Å². The molecule has 0 aliphatic heterocycles. The molecule has 0 unspecified atom stereocenters. The second kappa shape index (κ2) is 6.68. The molecule has 112 valence electrons. The van der Waals surface area contributed by atoms with Gasteiger partial charge in [-0.15, -0.1) is 0 Å². The van der Waals surface area contributed by atoms with Crippen LogP contribution >= 0.6 is 15.9 Å². The van der Waals surface area contributed by atoms with Gasteiger partial charge in [-0.05, 0) is 46.1 Å². The average molecular weight is 372 g/mol. The first kappa shape index (κ1) is 16.1. The van der Waals surface area contributed by atoms with Crippen molar-refractivity contribution in [2.24, 2.45) is 0 Å². The summed E-state index contributed by atoms with van der Waals surface area (Å²) in [6, 6.07) is 13.2. The molecule has 0 fully saturated rings. The molecule has 0 spiro atoms. The van der Waals surface area contributed by atoms with Crippen LogP contribution in [0.15, 0.2) is 57.9 Å². The van der Waals surface area contributed by atoms with Crippen molar-refractivity contribution in [1.29, 1.82) is 0 Å². The SMILES string of the molecule is CN(CCc1ccccc1)S(=O)(=O)c1ccc(F)cc1Br. The van der Waals surface area contributed by atoms with Crippen molar-refractivity contribution in [2.75, 3.05) is 13.6 Å². The van der Waals surface area contributed by atoms with Crippen LogP contribution in [0, 0.1) is 5.82 Å². The maximum absolute atomic E-state index is 13.1. The Kier molecular flexibility index (Phi) is 5.13. The lowest BCUT2D eigenvalue weighted by Crippen LogP contribution is -2.29. The first-order chi connectivity index (χ1) is 9.91. The molecule has 0 heterocycles. The lowest BCUT2D eigenvalue weighted by molar-refractivity contribution is 0.472. The fourth-order valence-electron chi connectivity index (χ4n) is 1.90. The maximum Gasteiger partial charge on any atom is 0.243 e. The summed E-state index contributed by atoms with van der Waals surface area (Å²) in [4.78, 5) is 0.0689. The number of sulfonamides is 1. The van der Waals surface area contributed by atoms with Crippen LogP contribution in [-0.4, -0.2) is 26.3 Å². The highest BCUT2D eigenvalue weighted by Gasteiger charge is 2.23. The largest absolute Gasteiger partial charge is 0.243 e. The Morgan fingerprint density at radius 1 is 1.14 bits per heavy atom. The van der Waals surface area contributed by atoms with E-state index in [1.165, 1.54) is 17.4 Å². The Morgan fingerprint density at radius 3 is 2.43 bits per heavy atom. The molecule has 0 aliphatic carbocycles. The van der Waals surface area contributed by atoms with Crippen molar-refractivity contribution in [1.82, 2.24) is 4.31 Å². The summed E-state index contributed by atoms with van der Waals surface area (Å²) in [5.74, 6) is -0.479. The molecule has 0 N–H and O–H groups in total. The fourth-order valence-corrected chi connectivity index (χ4v) is 4.08. The summed E-state index contributed by atoms with van der Waals surface area (Å²) in [5.41, 5.74) is 1.07. The Labute approximate surface area is 132 Å². The number of hydrogen-bond donors (Lipinski definition) is 0. The average Bonchev–Trinajstić information content (AvgIpc) is 2.45. The van der Waals surface area contributed by atoms with Gasteiger partial charge in [0.15, 0.2) is 0 Å². The minimum absolute atomic E-state index is 0.0689. The van der Waals surface area contributed by atoms with Gasteiger partial charge < -0.3 is 0 Å². The van der Waals surface area contributed by atoms with Gasteiger partial charge in [-0.2, -0.15) is 0 Å². The molecule has 0 aromatic heterocycles. The van der Waals surface area contributed by atoms with Crippen molar-refractivity contribution in [2.45, 2.75) is 11.3 Å². The number of halogens is 2. The quantitative estimate of drug-likeness (QED) is 0.806. The third kappa shape index (κ3) is 3.90. The highest BCUT2D eigenvalue weighted by atomic mass is 79.9. The zero-order valence-electron chi connectivity index (χ0n) is 11.5. The first-order valence-electron chi connectivity index (χ1n) is 6.36. The van der Waals surface area contributed by atoms with Crippen LogP contribution in [0.3, 0.4) is 0 Å². The number of likely N-dealkylation sites (N-methyl/N-ethyl adjacent to an activating group) is 1. The Hall–Kier alpha value is -1.24. The van der Waals surface area contributed by atoms with Crippen LogP contribution in [0.2, 0.25) is 0 Å². The van der Waals surface area contributed by atoms with E-state index < -0.39 is 15.8 Å². The van der Waals surface area contributed by atoms with E-state index in [0.29, 0.717) is 13.0 Å². The molecule has 2 rings (SSSR count). The van der Waals surface area contributed by atoms with E-state index in [2.05, 4.69) is 15.9 Å². The van der Waals surface area contributed by atoms with E-state index in [0.717, 1.165) is 17.7 Å². The van der Waals surface area contributed by atoms with Crippen molar-refractivity contribution < 1.29 is 12.8 Å². The molecule has 0 amide bonds. The number of benzene rings is 2. The van der Waals surface area contributed by atoms with Crippen LogP contribution in [0.25, 0.3) is 0 Å². The molecule has 6 heteroatoms. The van der Waals surface area contributed by atoms with Gasteiger partial charge in [0.1, 0.15) is 5.82 Å². The van der Waals surface area contributed by atoms with E-state index in [-0.39, 0.29) is 9.37 Å². The summed E-state index contributed by atoms with van der Waals surface area (Å²) < 4.78 is 39.5. The molecule has 21 heavy (non-hydrogen) atoms. The molecule has 0 atom stereocenters. The third-order valence-electron chi connectivity index (χ3n) is 3.14. The zero-order chi connectivity index (χ0) is 15.5. The van der Waals surface area contributed by atoms with Gasteiger partial charge in [0.25, 0.3) is 0 Å². The minimum atomic E-state index is -3.64. The molecule has 0 saturated heterocycles. The van der Waals surface area contributed by atoms with E-state index in [4.69, 9.17) is 0 Å².